The number of halogens is 2. The number of hydrogen-bond acceptors (Lipinski definition) is 4. The molecule has 5 nitrogen and oxygen atoms in total. The number of carbonyl (C=O) groups is 1. The van der Waals surface area contributed by atoms with E-state index < -0.39 is 11.7 Å². The van der Waals surface area contributed by atoms with Gasteiger partial charge in [-0.05, 0) is 31.2 Å². The molecular formula is C15H11ClFN3O2S. The molecule has 0 aliphatic carbocycles. The van der Waals surface area contributed by atoms with Crippen molar-refractivity contribution >= 4 is 44.7 Å². The van der Waals surface area contributed by atoms with Gasteiger partial charge < -0.3 is 5.32 Å². The SMILES string of the molecule is Cc1cc2c(=O)n(CC(=O)Nc3ccc(F)c(Cl)c3)cnc2s1. The number of aryl methyl sites for hydroxylation is 1. The highest BCUT2D eigenvalue weighted by Gasteiger charge is 2.11. The lowest BCUT2D eigenvalue weighted by molar-refractivity contribution is -0.116. The number of amides is 1. The Morgan fingerprint density at radius 2 is 2.22 bits per heavy atom. The van der Waals surface area contributed by atoms with Gasteiger partial charge in [0.05, 0.1) is 16.7 Å². The van der Waals surface area contributed by atoms with Gasteiger partial charge in [-0.25, -0.2) is 9.37 Å². The van der Waals surface area contributed by atoms with Crippen LogP contribution in [0.15, 0.2) is 35.4 Å². The van der Waals surface area contributed by atoms with Crippen molar-refractivity contribution in [1.29, 1.82) is 0 Å². The van der Waals surface area contributed by atoms with Crippen molar-refractivity contribution in [2.24, 2.45) is 0 Å². The summed E-state index contributed by atoms with van der Waals surface area (Å²) in [5.74, 6) is -0.994. The lowest BCUT2D eigenvalue weighted by Gasteiger charge is -2.07. The van der Waals surface area contributed by atoms with E-state index in [4.69, 9.17) is 11.6 Å². The van der Waals surface area contributed by atoms with E-state index in [2.05, 4.69) is 10.3 Å². The summed E-state index contributed by atoms with van der Waals surface area (Å²) in [5, 5.41) is 2.97. The average molecular weight is 352 g/mol. The van der Waals surface area contributed by atoms with Crippen LogP contribution in [0.5, 0.6) is 0 Å². The van der Waals surface area contributed by atoms with Crippen LogP contribution in [0.3, 0.4) is 0 Å². The standard InChI is InChI=1S/C15H11ClFN3O2S/c1-8-4-10-14(23-8)18-7-20(15(10)22)6-13(21)19-9-2-3-12(17)11(16)5-9/h2-5,7H,6H2,1H3,(H,19,21). The smallest absolute Gasteiger partial charge is 0.262 e. The Hall–Kier alpha value is -2.25. The maximum atomic E-state index is 13.1. The molecule has 118 valence electrons. The van der Waals surface area contributed by atoms with Crippen molar-refractivity contribution in [3.63, 3.8) is 0 Å². The molecule has 0 aliphatic heterocycles. The molecular weight excluding hydrogens is 341 g/mol. The van der Waals surface area contributed by atoms with Gasteiger partial charge in [0.1, 0.15) is 17.2 Å². The number of anilines is 1. The number of rotatable bonds is 3. The molecule has 8 heteroatoms. The lowest BCUT2D eigenvalue weighted by atomic mass is 10.3. The van der Waals surface area contributed by atoms with Crippen molar-refractivity contribution in [3.8, 4) is 0 Å². The largest absolute Gasteiger partial charge is 0.324 e. The first-order valence-electron chi connectivity index (χ1n) is 6.64. The number of fused-ring (bicyclic) bond motifs is 1. The average Bonchev–Trinajstić information content (AvgIpc) is 2.87. The third-order valence-corrected chi connectivity index (χ3v) is 4.41. The van der Waals surface area contributed by atoms with Crippen molar-refractivity contribution < 1.29 is 9.18 Å². The topological polar surface area (TPSA) is 64.0 Å². The highest BCUT2D eigenvalue weighted by atomic mass is 35.5. The quantitative estimate of drug-likeness (QED) is 0.788. The molecule has 0 aliphatic rings. The summed E-state index contributed by atoms with van der Waals surface area (Å²) in [4.78, 5) is 30.2. The Balaban J connectivity index is 1.81. The number of thiophene rings is 1. The van der Waals surface area contributed by atoms with Crippen LogP contribution in [0.1, 0.15) is 4.88 Å². The van der Waals surface area contributed by atoms with Gasteiger partial charge in [0, 0.05) is 10.6 Å². The van der Waals surface area contributed by atoms with E-state index in [1.54, 1.807) is 6.07 Å². The first-order valence-corrected chi connectivity index (χ1v) is 7.84. The molecule has 1 aromatic carbocycles. The van der Waals surface area contributed by atoms with Crippen LogP contribution in [0.4, 0.5) is 10.1 Å². The zero-order valence-corrected chi connectivity index (χ0v) is 13.5. The summed E-state index contributed by atoms with van der Waals surface area (Å²) >= 11 is 7.08. The molecule has 23 heavy (non-hydrogen) atoms. The Morgan fingerprint density at radius 1 is 1.43 bits per heavy atom. The number of aromatic nitrogens is 2. The van der Waals surface area contributed by atoms with Crippen LogP contribution in [-0.4, -0.2) is 15.5 Å². The number of nitrogens with zero attached hydrogens (tertiary/aromatic N) is 2. The van der Waals surface area contributed by atoms with Gasteiger partial charge in [0.25, 0.3) is 5.56 Å². The Bertz CT molecular complexity index is 967. The number of hydrogen-bond donors (Lipinski definition) is 1. The third-order valence-electron chi connectivity index (χ3n) is 3.16. The minimum atomic E-state index is -0.566. The highest BCUT2D eigenvalue weighted by Crippen LogP contribution is 2.20. The van der Waals surface area contributed by atoms with Crippen LogP contribution in [-0.2, 0) is 11.3 Å². The summed E-state index contributed by atoms with van der Waals surface area (Å²) in [6.45, 7) is 1.70. The summed E-state index contributed by atoms with van der Waals surface area (Å²) < 4.78 is 14.3. The summed E-state index contributed by atoms with van der Waals surface area (Å²) in [6, 6.07) is 5.61. The van der Waals surface area contributed by atoms with Gasteiger partial charge in [0.15, 0.2) is 0 Å². The van der Waals surface area contributed by atoms with E-state index in [0.717, 1.165) is 10.9 Å². The van der Waals surface area contributed by atoms with Gasteiger partial charge >= 0.3 is 0 Å². The van der Waals surface area contributed by atoms with Crippen LogP contribution >= 0.6 is 22.9 Å². The van der Waals surface area contributed by atoms with Crippen LogP contribution in [0.2, 0.25) is 5.02 Å². The van der Waals surface area contributed by atoms with Crippen molar-refractivity contribution in [2.75, 3.05) is 5.32 Å². The van der Waals surface area contributed by atoms with Crippen LogP contribution in [0, 0.1) is 12.7 Å². The fourth-order valence-electron chi connectivity index (χ4n) is 2.12. The summed E-state index contributed by atoms with van der Waals surface area (Å²) in [6.07, 6.45) is 1.35. The molecule has 3 rings (SSSR count). The molecule has 0 radical (unpaired) electrons. The summed E-state index contributed by atoms with van der Waals surface area (Å²) in [7, 11) is 0. The van der Waals surface area contributed by atoms with Crippen molar-refractivity contribution in [2.45, 2.75) is 13.5 Å². The van der Waals surface area contributed by atoms with E-state index in [9.17, 15) is 14.0 Å². The predicted molar refractivity (Wildman–Crippen MR) is 88.7 cm³/mol. The molecule has 3 aromatic rings. The fourth-order valence-corrected chi connectivity index (χ4v) is 3.14. The predicted octanol–water partition coefficient (Wildman–Crippen LogP) is 3.20. The van der Waals surface area contributed by atoms with E-state index in [-0.39, 0.29) is 17.1 Å². The second-order valence-corrected chi connectivity index (χ2v) is 6.57. The lowest BCUT2D eigenvalue weighted by Crippen LogP contribution is -2.27. The minimum Gasteiger partial charge on any atom is -0.324 e. The van der Waals surface area contributed by atoms with Crippen LogP contribution < -0.4 is 10.9 Å². The fraction of sp³-hybridized carbons (Fsp3) is 0.133. The molecule has 0 saturated carbocycles. The molecule has 0 bridgehead atoms. The van der Waals surface area contributed by atoms with Gasteiger partial charge in [0.2, 0.25) is 5.91 Å². The maximum Gasteiger partial charge on any atom is 0.262 e. The molecule has 0 atom stereocenters. The zero-order chi connectivity index (χ0) is 16.6. The second kappa shape index (κ2) is 6.10. The first-order chi connectivity index (χ1) is 10.9. The van der Waals surface area contributed by atoms with E-state index >= 15 is 0 Å². The molecule has 1 N–H and O–H groups in total. The molecule has 0 fully saturated rings. The van der Waals surface area contributed by atoms with Gasteiger partial charge in [-0.2, -0.15) is 0 Å². The van der Waals surface area contributed by atoms with E-state index in [1.807, 2.05) is 6.92 Å². The number of benzene rings is 1. The molecule has 1 amide bonds. The van der Waals surface area contributed by atoms with Crippen molar-refractivity contribution in [3.05, 3.63) is 56.7 Å². The summed E-state index contributed by atoms with van der Waals surface area (Å²) in [5.41, 5.74) is 0.0847. The normalized spacial score (nSPS) is 10.9. The van der Waals surface area contributed by atoms with Gasteiger partial charge in [-0.1, -0.05) is 11.6 Å². The third kappa shape index (κ3) is 3.25. The number of carbonyl (C=O) groups excluding carboxylic acids is 1. The number of nitrogens with one attached hydrogen (secondary N) is 1. The monoisotopic (exact) mass is 351 g/mol. The molecule has 0 spiro atoms. The Labute approximate surface area is 139 Å². The Kier molecular flexibility index (Phi) is 4.14. The van der Waals surface area contributed by atoms with Crippen molar-refractivity contribution in [1.82, 2.24) is 9.55 Å². The zero-order valence-electron chi connectivity index (χ0n) is 12.0. The van der Waals surface area contributed by atoms with Gasteiger partial charge in [-0.3, -0.25) is 14.2 Å². The second-order valence-electron chi connectivity index (χ2n) is 4.93. The van der Waals surface area contributed by atoms with E-state index in [0.29, 0.717) is 15.9 Å². The first kappa shape index (κ1) is 15.6. The van der Waals surface area contributed by atoms with Gasteiger partial charge in [-0.15, -0.1) is 11.3 Å². The molecule has 0 unspecified atom stereocenters. The highest BCUT2D eigenvalue weighted by molar-refractivity contribution is 7.18. The molecule has 2 aromatic heterocycles. The molecule has 0 saturated heterocycles. The minimum absolute atomic E-state index is 0.0863. The Morgan fingerprint density at radius 3 is 2.96 bits per heavy atom. The van der Waals surface area contributed by atoms with E-state index in [1.165, 1.54) is 34.4 Å². The molecule has 2 heterocycles. The maximum absolute atomic E-state index is 13.1. The van der Waals surface area contributed by atoms with Crippen LogP contribution in [0.25, 0.3) is 10.2 Å².